The molecule has 0 unspecified atom stereocenters. The average Bonchev–Trinajstić information content (AvgIpc) is 3.11. The quantitative estimate of drug-likeness (QED) is 0.754. The van der Waals surface area contributed by atoms with Gasteiger partial charge in [-0.3, -0.25) is 4.79 Å². The Morgan fingerprint density at radius 3 is 2.54 bits per heavy atom. The van der Waals surface area contributed by atoms with Crippen molar-refractivity contribution in [1.29, 1.82) is 5.26 Å². The smallest absolute Gasteiger partial charge is 0.270 e. The lowest BCUT2D eigenvalue weighted by Crippen LogP contribution is -2.48. The van der Waals surface area contributed by atoms with Gasteiger partial charge >= 0.3 is 0 Å². The summed E-state index contributed by atoms with van der Waals surface area (Å²) in [6, 6.07) is 17.3. The van der Waals surface area contributed by atoms with Crippen molar-refractivity contribution in [2.45, 2.75) is 0 Å². The van der Waals surface area contributed by atoms with Crippen LogP contribution in [0.5, 0.6) is 0 Å². The topological polar surface area (TPSA) is 63.1 Å². The molecule has 1 fully saturated rings. The molecule has 0 radical (unpaired) electrons. The molecule has 2 aromatic carbocycles. The summed E-state index contributed by atoms with van der Waals surface area (Å²) in [5.41, 5.74) is 3.05. The minimum absolute atomic E-state index is 0.0266. The fourth-order valence-electron chi connectivity index (χ4n) is 3.32. The first kappa shape index (κ1) is 16.5. The van der Waals surface area contributed by atoms with Gasteiger partial charge in [0.25, 0.3) is 5.91 Å². The van der Waals surface area contributed by atoms with E-state index in [0.717, 1.165) is 29.7 Å². The van der Waals surface area contributed by atoms with Gasteiger partial charge in [0.15, 0.2) is 0 Å². The summed E-state index contributed by atoms with van der Waals surface area (Å²) in [7, 11) is 0. The van der Waals surface area contributed by atoms with Gasteiger partial charge in [-0.2, -0.15) is 5.26 Å². The Morgan fingerprint density at radius 1 is 1.08 bits per heavy atom. The highest BCUT2D eigenvalue weighted by Crippen LogP contribution is 2.24. The van der Waals surface area contributed by atoms with E-state index in [2.05, 4.69) is 16.0 Å². The second-order valence-corrected chi connectivity index (χ2v) is 6.73. The summed E-state index contributed by atoms with van der Waals surface area (Å²) in [4.78, 5) is 20.0. The molecule has 0 spiro atoms. The zero-order chi connectivity index (χ0) is 18.1. The zero-order valence-corrected chi connectivity index (χ0v) is 14.8. The van der Waals surface area contributed by atoms with Crippen molar-refractivity contribution < 1.29 is 4.79 Å². The first-order valence-corrected chi connectivity index (χ1v) is 8.85. The summed E-state index contributed by atoms with van der Waals surface area (Å²) in [5, 5.41) is 10.5. The molecule has 6 heteroatoms. The van der Waals surface area contributed by atoms with E-state index in [1.807, 2.05) is 47.4 Å². The lowest BCUT2D eigenvalue weighted by Gasteiger charge is -2.36. The predicted molar refractivity (Wildman–Crippen MR) is 103 cm³/mol. The average molecular weight is 365 g/mol. The van der Waals surface area contributed by atoms with Crippen LogP contribution in [0.1, 0.15) is 16.1 Å². The number of amides is 1. The Bertz CT molecular complexity index is 979. The molecule has 1 aliphatic rings. The number of para-hydroxylation sites is 1. The molecule has 1 aromatic heterocycles. The molecule has 0 aliphatic carbocycles. The molecule has 3 aromatic rings. The summed E-state index contributed by atoms with van der Waals surface area (Å²) < 4.78 is 0. The second kappa shape index (κ2) is 6.74. The van der Waals surface area contributed by atoms with Gasteiger partial charge in [0, 0.05) is 42.8 Å². The number of nitrogens with one attached hydrogen (secondary N) is 1. The van der Waals surface area contributed by atoms with Gasteiger partial charge in [0.2, 0.25) is 0 Å². The summed E-state index contributed by atoms with van der Waals surface area (Å²) in [5.74, 6) is 0.0266. The number of benzene rings is 2. The number of aromatic nitrogens is 1. The van der Waals surface area contributed by atoms with Gasteiger partial charge < -0.3 is 14.8 Å². The van der Waals surface area contributed by atoms with Crippen LogP contribution in [-0.2, 0) is 0 Å². The Kier molecular flexibility index (Phi) is 4.27. The van der Waals surface area contributed by atoms with E-state index >= 15 is 0 Å². The molecule has 0 atom stereocenters. The van der Waals surface area contributed by atoms with Crippen molar-refractivity contribution in [3.05, 3.63) is 64.8 Å². The first-order valence-electron chi connectivity index (χ1n) is 8.47. The molecule has 1 amide bonds. The highest BCUT2D eigenvalue weighted by Gasteiger charge is 2.23. The summed E-state index contributed by atoms with van der Waals surface area (Å²) in [6.07, 6.45) is 0. The first-order chi connectivity index (χ1) is 12.7. The Hall–Kier alpha value is -2.97. The number of nitrogens with zero attached hydrogens (tertiary/aromatic N) is 3. The molecule has 26 heavy (non-hydrogen) atoms. The van der Waals surface area contributed by atoms with Gasteiger partial charge in [0.1, 0.15) is 11.8 Å². The van der Waals surface area contributed by atoms with Crippen LogP contribution in [0.25, 0.3) is 10.9 Å². The van der Waals surface area contributed by atoms with Crippen molar-refractivity contribution in [3.63, 3.8) is 0 Å². The molecule has 5 nitrogen and oxygen atoms in total. The number of fused-ring (bicyclic) bond motifs is 1. The number of hydrogen-bond donors (Lipinski definition) is 1. The third-order valence-corrected chi connectivity index (χ3v) is 5.08. The number of carbonyl (C=O) groups is 1. The van der Waals surface area contributed by atoms with E-state index in [0.29, 0.717) is 29.4 Å². The number of halogens is 1. The highest BCUT2D eigenvalue weighted by atomic mass is 35.5. The Labute approximate surface area is 156 Å². The number of H-pyrrole nitrogens is 1. The fourth-order valence-corrected chi connectivity index (χ4v) is 3.54. The second-order valence-electron chi connectivity index (χ2n) is 6.33. The standard InChI is InChI=1S/C20H17ClN4O/c21-17-12-16(6-5-15(17)13-22)24-7-9-25(10-8-24)20(26)19-11-14-3-1-2-4-18(14)23-19/h1-6,11-12,23H,7-10H2. The molecular formula is C20H17ClN4O. The van der Waals surface area contributed by atoms with Crippen LogP contribution in [-0.4, -0.2) is 42.0 Å². The largest absolute Gasteiger partial charge is 0.368 e. The molecule has 130 valence electrons. The molecule has 1 aliphatic heterocycles. The molecule has 2 heterocycles. The fraction of sp³-hybridized carbons (Fsp3) is 0.200. The third-order valence-electron chi connectivity index (χ3n) is 4.77. The van der Waals surface area contributed by atoms with E-state index < -0.39 is 0 Å². The number of rotatable bonds is 2. The van der Waals surface area contributed by atoms with Crippen LogP contribution in [0.3, 0.4) is 0 Å². The van der Waals surface area contributed by atoms with Crippen molar-refractivity contribution in [3.8, 4) is 6.07 Å². The number of carbonyl (C=O) groups excluding carboxylic acids is 1. The highest BCUT2D eigenvalue weighted by molar-refractivity contribution is 6.32. The molecular weight excluding hydrogens is 348 g/mol. The molecule has 0 saturated carbocycles. The minimum Gasteiger partial charge on any atom is -0.368 e. The monoisotopic (exact) mass is 364 g/mol. The van der Waals surface area contributed by atoms with E-state index in [1.54, 1.807) is 6.07 Å². The third kappa shape index (κ3) is 3.00. The lowest BCUT2D eigenvalue weighted by molar-refractivity contribution is 0.0742. The van der Waals surface area contributed by atoms with Gasteiger partial charge in [0.05, 0.1) is 10.6 Å². The van der Waals surface area contributed by atoms with Gasteiger partial charge in [-0.05, 0) is 30.3 Å². The number of hydrogen-bond acceptors (Lipinski definition) is 3. The maximum absolute atomic E-state index is 12.8. The van der Waals surface area contributed by atoms with Crippen molar-refractivity contribution in [2.75, 3.05) is 31.1 Å². The summed E-state index contributed by atoms with van der Waals surface area (Å²) >= 11 is 6.13. The molecule has 1 N–H and O–H groups in total. The van der Waals surface area contributed by atoms with Gasteiger partial charge in [-0.15, -0.1) is 0 Å². The van der Waals surface area contributed by atoms with E-state index in [-0.39, 0.29) is 5.91 Å². The van der Waals surface area contributed by atoms with Crippen LogP contribution in [0.15, 0.2) is 48.5 Å². The lowest BCUT2D eigenvalue weighted by atomic mass is 10.2. The number of nitriles is 1. The van der Waals surface area contributed by atoms with Gasteiger partial charge in [-0.25, -0.2) is 0 Å². The van der Waals surface area contributed by atoms with E-state index in [9.17, 15) is 4.79 Å². The van der Waals surface area contributed by atoms with Crippen molar-refractivity contribution in [2.24, 2.45) is 0 Å². The number of aromatic amines is 1. The van der Waals surface area contributed by atoms with E-state index in [1.165, 1.54) is 0 Å². The molecule has 0 bridgehead atoms. The van der Waals surface area contributed by atoms with Crippen LogP contribution >= 0.6 is 11.6 Å². The zero-order valence-electron chi connectivity index (χ0n) is 14.1. The minimum atomic E-state index is 0.0266. The van der Waals surface area contributed by atoms with Crippen LogP contribution in [0, 0.1) is 11.3 Å². The molecule has 1 saturated heterocycles. The normalized spacial score (nSPS) is 14.5. The maximum Gasteiger partial charge on any atom is 0.270 e. The van der Waals surface area contributed by atoms with E-state index in [4.69, 9.17) is 16.9 Å². The number of piperazine rings is 1. The Morgan fingerprint density at radius 2 is 1.85 bits per heavy atom. The van der Waals surface area contributed by atoms with Gasteiger partial charge in [-0.1, -0.05) is 29.8 Å². The van der Waals surface area contributed by atoms with Crippen molar-refractivity contribution in [1.82, 2.24) is 9.88 Å². The number of anilines is 1. The molecule has 4 rings (SSSR count). The van der Waals surface area contributed by atoms with Crippen LogP contribution < -0.4 is 4.90 Å². The SMILES string of the molecule is N#Cc1ccc(N2CCN(C(=O)c3cc4ccccc4[nH]3)CC2)cc1Cl. The van der Waals surface area contributed by atoms with Crippen LogP contribution in [0.4, 0.5) is 5.69 Å². The Balaban J connectivity index is 1.45. The predicted octanol–water partition coefficient (Wildman–Crippen LogP) is 3.66. The van der Waals surface area contributed by atoms with Crippen LogP contribution in [0.2, 0.25) is 5.02 Å². The summed E-state index contributed by atoms with van der Waals surface area (Å²) in [6.45, 7) is 2.75. The van der Waals surface area contributed by atoms with Crippen molar-refractivity contribution >= 4 is 34.1 Å². The maximum atomic E-state index is 12.8.